The molecule has 2 aliphatic heterocycles. The van der Waals surface area contributed by atoms with Crippen LogP contribution in [0.5, 0.6) is 5.75 Å². The molecule has 2 aromatic carbocycles. The van der Waals surface area contributed by atoms with Gasteiger partial charge in [-0.05, 0) is 42.3 Å². The molecule has 1 fully saturated rings. The van der Waals surface area contributed by atoms with Crippen molar-refractivity contribution in [2.75, 3.05) is 18.6 Å². The van der Waals surface area contributed by atoms with E-state index in [1.807, 2.05) is 29.2 Å². The van der Waals surface area contributed by atoms with E-state index in [1.54, 1.807) is 7.11 Å². The highest BCUT2D eigenvalue weighted by atomic mass is 16.5. The summed E-state index contributed by atoms with van der Waals surface area (Å²) in [6.45, 7) is 1.48. The quantitative estimate of drug-likeness (QED) is 0.788. The average Bonchev–Trinajstić information content (AvgIpc) is 3.37. The van der Waals surface area contributed by atoms with Crippen molar-refractivity contribution in [3.63, 3.8) is 0 Å². The van der Waals surface area contributed by atoms with Crippen LogP contribution in [0.15, 0.2) is 47.5 Å². The van der Waals surface area contributed by atoms with Crippen molar-refractivity contribution in [3.8, 4) is 5.75 Å². The maximum atomic E-state index is 12.1. The fourth-order valence-electron chi connectivity index (χ4n) is 3.85. The third-order valence-corrected chi connectivity index (χ3v) is 5.23. The van der Waals surface area contributed by atoms with Crippen LogP contribution in [0.4, 0.5) is 5.69 Å². The number of rotatable bonds is 3. The van der Waals surface area contributed by atoms with Crippen molar-refractivity contribution in [1.29, 1.82) is 0 Å². The van der Waals surface area contributed by atoms with Gasteiger partial charge in [-0.3, -0.25) is 9.79 Å². The fourth-order valence-corrected chi connectivity index (χ4v) is 3.85. The Hall–Kier alpha value is -3.08. The van der Waals surface area contributed by atoms with Crippen LogP contribution in [-0.4, -0.2) is 30.3 Å². The first kappa shape index (κ1) is 15.2. The zero-order valence-corrected chi connectivity index (χ0v) is 14.6. The van der Waals surface area contributed by atoms with Gasteiger partial charge in [-0.1, -0.05) is 6.07 Å². The Kier molecular flexibility index (Phi) is 3.35. The van der Waals surface area contributed by atoms with E-state index in [0.717, 1.165) is 52.3 Å². The smallest absolute Gasteiger partial charge is 0.227 e. The molecule has 5 rings (SSSR count). The van der Waals surface area contributed by atoms with E-state index in [-0.39, 0.29) is 5.91 Å². The number of aliphatic imine (C=N–C) groups is 1. The second-order valence-electron chi connectivity index (χ2n) is 6.79. The SMILES string of the molecule is COc1ccc2cc(C3=NCc4ccc(N5CCCC5=O)cc43)[nH]c2c1. The molecule has 0 spiro atoms. The molecule has 5 heteroatoms. The number of amides is 1. The maximum Gasteiger partial charge on any atom is 0.227 e. The van der Waals surface area contributed by atoms with E-state index < -0.39 is 0 Å². The van der Waals surface area contributed by atoms with Gasteiger partial charge in [-0.15, -0.1) is 0 Å². The summed E-state index contributed by atoms with van der Waals surface area (Å²) in [4.78, 5) is 22.2. The predicted molar refractivity (Wildman–Crippen MR) is 102 cm³/mol. The molecule has 3 aromatic rings. The van der Waals surface area contributed by atoms with Crippen molar-refractivity contribution in [2.45, 2.75) is 19.4 Å². The summed E-state index contributed by atoms with van der Waals surface area (Å²) >= 11 is 0. The molecule has 3 heterocycles. The van der Waals surface area contributed by atoms with Gasteiger partial charge in [-0.25, -0.2) is 0 Å². The lowest BCUT2D eigenvalue weighted by atomic mass is 10.0. The fraction of sp³-hybridized carbons (Fsp3) is 0.238. The van der Waals surface area contributed by atoms with Crippen molar-refractivity contribution in [1.82, 2.24) is 4.98 Å². The monoisotopic (exact) mass is 345 g/mol. The lowest BCUT2D eigenvalue weighted by molar-refractivity contribution is -0.117. The molecular weight excluding hydrogens is 326 g/mol. The first-order valence-electron chi connectivity index (χ1n) is 8.88. The van der Waals surface area contributed by atoms with Gasteiger partial charge in [0.1, 0.15) is 5.75 Å². The highest BCUT2D eigenvalue weighted by molar-refractivity contribution is 6.16. The molecule has 1 N–H and O–H groups in total. The van der Waals surface area contributed by atoms with Crippen LogP contribution in [0, 0.1) is 0 Å². The van der Waals surface area contributed by atoms with Crippen molar-refractivity contribution in [3.05, 3.63) is 59.3 Å². The number of aromatic amines is 1. The van der Waals surface area contributed by atoms with Gasteiger partial charge in [0.2, 0.25) is 5.91 Å². The topological polar surface area (TPSA) is 57.7 Å². The van der Waals surface area contributed by atoms with E-state index >= 15 is 0 Å². The first-order valence-corrected chi connectivity index (χ1v) is 8.88. The zero-order valence-electron chi connectivity index (χ0n) is 14.6. The lowest BCUT2D eigenvalue weighted by Crippen LogP contribution is -2.23. The van der Waals surface area contributed by atoms with Gasteiger partial charge in [0, 0.05) is 41.2 Å². The molecule has 1 aromatic heterocycles. The zero-order chi connectivity index (χ0) is 17.7. The van der Waals surface area contributed by atoms with E-state index in [1.165, 1.54) is 5.56 Å². The summed E-state index contributed by atoms with van der Waals surface area (Å²) in [7, 11) is 1.67. The Morgan fingerprint density at radius 3 is 2.88 bits per heavy atom. The standard InChI is InChI=1S/C21H19N3O2/c1-26-16-7-5-13-9-19(23-18(13)11-16)21-17-10-15(6-4-14(17)12-22-21)24-8-2-3-20(24)25/h4-7,9-11,23H,2-3,8,12H2,1H3. The van der Waals surface area contributed by atoms with Crippen molar-refractivity contribution >= 4 is 28.2 Å². The van der Waals surface area contributed by atoms with Crippen molar-refractivity contribution in [2.24, 2.45) is 4.99 Å². The third-order valence-electron chi connectivity index (χ3n) is 5.23. The number of aromatic nitrogens is 1. The Morgan fingerprint density at radius 1 is 1.15 bits per heavy atom. The molecule has 5 nitrogen and oxygen atoms in total. The Bertz CT molecular complexity index is 1060. The third kappa shape index (κ3) is 2.31. The summed E-state index contributed by atoms with van der Waals surface area (Å²) in [5.41, 5.74) is 6.27. The van der Waals surface area contributed by atoms with Crippen LogP contribution in [0.25, 0.3) is 10.9 Å². The van der Waals surface area contributed by atoms with E-state index in [2.05, 4.69) is 23.2 Å². The first-order chi connectivity index (χ1) is 12.7. The summed E-state index contributed by atoms with van der Waals surface area (Å²) < 4.78 is 5.31. The minimum Gasteiger partial charge on any atom is -0.497 e. The Morgan fingerprint density at radius 2 is 2.08 bits per heavy atom. The van der Waals surface area contributed by atoms with Crippen LogP contribution in [0.1, 0.15) is 29.7 Å². The molecule has 130 valence electrons. The number of nitrogens with zero attached hydrogens (tertiary/aromatic N) is 2. The predicted octanol–water partition coefficient (Wildman–Crippen LogP) is 3.65. The number of hydrogen-bond acceptors (Lipinski definition) is 3. The summed E-state index contributed by atoms with van der Waals surface area (Å²) in [6.07, 6.45) is 1.57. The maximum absolute atomic E-state index is 12.1. The number of carbonyl (C=O) groups is 1. The average molecular weight is 345 g/mol. The van der Waals surface area contributed by atoms with Crippen LogP contribution in [0.2, 0.25) is 0 Å². The lowest BCUT2D eigenvalue weighted by Gasteiger charge is -2.17. The van der Waals surface area contributed by atoms with Gasteiger partial charge >= 0.3 is 0 Å². The van der Waals surface area contributed by atoms with Gasteiger partial charge in [-0.2, -0.15) is 0 Å². The second-order valence-corrected chi connectivity index (χ2v) is 6.79. The molecule has 0 aliphatic carbocycles. The van der Waals surface area contributed by atoms with Gasteiger partial charge in [0.25, 0.3) is 0 Å². The van der Waals surface area contributed by atoms with E-state index in [4.69, 9.17) is 9.73 Å². The van der Waals surface area contributed by atoms with Gasteiger partial charge in [0.05, 0.1) is 25.1 Å². The van der Waals surface area contributed by atoms with Gasteiger partial charge < -0.3 is 14.6 Å². The molecule has 0 radical (unpaired) electrons. The van der Waals surface area contributed by atoms with Crippen molar-refractivity contribution < 1.29 is 9.53 Å². The highest BCUT2D eigenvalue weighted by Gasteiger charge is 2.25. The summed E-state index contributed by atoms with van der Waals surface area (Å²) in [6, 6.07) is 14.4. The second kappa shape index (κ2) is 5.73. The number of carbonyl (C=O) groups excluding carboxylic acids is 1. The summed E-state index contributed by atoms with van der Waals surface area (Å²) in [5, 5.41) is 1.13. The molecular formula is C21H19N3O2. The van der Waals surface area contributed by atoms with Gasteiger partial charge in [0.15, 0.2) is 0 Å². The van der Waals surface area contributed by atoms with Crippen LogP contribution >= 0.6 is 0 Å². The van der Waals surface area contributed by atoms with Crippen LogP contribution < -0.4 is 9.64 Å². The number of ether oxygens (including phenoxy) is 1. The summed E-state index contributed by atoms with van der Waals surface area (Å²) in [5.74, 6) is 1.04. The number of fused-ring (bicyclic) bond motifs is 2. The number of hydrogen-bond donors (Lipinski definition) is 1. The van der Waals surface area contributed by atoms with E-state index in [0.29, 0.717) is 13.0 Å². The molecule has 0 saturated carbocycles. The minimum atomic E-state index is 0.208. The Balaban J connectivity index is 1.56. The largest absolute Gasteiger partial charge is 0.497 e. The number of anilines is 1. The van der Waals surface area contributed by atoms with Crippen LogP contribution in [0.3, 0.4) is 0 Å². The van der Waals surface area contributed by atoms with Crippen LogP contribution in [-0.2, 0) is 11.3 Å². The number of nitrogens with one attached hydrogen (secondary N) is 1. The molecule has 2 aliphatic rings. The highest BCUT2D eigenvalue weighted by Crippen LogP contribution is 2.31. The molecule has 0 unspecified atom stereocenters. The number of benzene rings is 2. The number of methoxy groups -OCH3 is 1. The molecule has 0 atom stereocenters. The molecule has 1 saturated heterocycles. The number of H-pyrrole nitrogens is 1. The normalized spacial score (nSPS) is 16.3. The minimum absolute atomic E-state index is 0.208. The molecule has 26 heavy (non-hydrogen) atoms. The molecule has 1 amide bonds. The van der Waals surface area contributed by atoms with E-state index in [9.17, 15) is 4.79 Å². The Labute approximate surface area is 151 Å². The molecule has 0 bridgehead atoms.